The maximum absolute atomic E-state index is 12.3. The molecule has 124 valence electrons. The molecule has 2 fully saturated rings. The average molecular weight is 310 g/mol. The van der Waals surface area contributed by atoms with Gasteiger partial charge in [0.15, 0.2) is 0 Å². The summed E-state index contributed by atoms with van der Waals surface area (Å²) in [6, 6.07) is -0.566. The Hall–Kier alpha value is -1.59. The molecule has 0 spiro atoms. The number of hydrogen-bond donors (Lipinski definition) is 2. The van der Waals surface area contributed by atoms with E-state index in [2.05, 4.69) is 5.32 Å². The number of amides is 2. The third-order valence-corrected chi connectivity index (χ3v) is 4.76. The first-order valence-electron chi connectivity index (χ1n) is 8.35. The highest BCUT2D eigenvalue weighted by Crippen LogP contribution is 2.29. The van der Waals surface area contributed by atoms with Crippen LogP contribution in [0.15, 0.2) is 0 Å². The lowest BCUT2D eigenvalue weighted by molar-refractivity contribution is -0.142. The van der Waals surface area contributed by atoms with Crippen LogP contribution in [0, 0.1) is 5.92 Å². The Balaban J connectivity index is 1.89. The largest absolute Gasteiger partial charge is 0.480 e. The Morgan fingerprint density at radius 2 is 2.05 bits per heavy atom. The first kappa shape index (κ1) is 16.8. The molecule has 1 saturated heterocycles. The van der Waals surface area contributed by atoms with Gasteiger partial charge in [-0.05, 0) is 19.3 Å². The van der Waals surface area contributed by atoms with Crippen molar-refractivity contribution in [2.24, 2.45) is 5.92 Å². The van der Waals surface area contributed by atoms with Gasteiger partial charge in [0.05, 0.1) is 5.92 Å². The topological polar surface area (TPSA) is 86.7 Å². The summed E-state index contributed by atoms with van der Waals surface area (Å²) in [5, 5.41) is 11.8. The molecule has 2 aliphatic rings. The van der Waals surface area contributed by atoms with E-state index in [1.54, 1.807) is 0 Å². The molecule has 1 heterocycles. The fourth-order valence-electron chi connectivity index (χ4n) is 3.43. The van der Waals surface area contributed by atoms with Crippen LogP contribution in [0.4, 0.5) is 0 Å². The summed E-state index contributed by atoms with van der Waals surface area (Å²) < 4.78 is 0. The number of likely N-dealkylation sites (tertiary alicyclic amines) is 1. The van der Waals surface area contributed by atoms with Gasteiger partial charge in [0.1, 0.15) is 6.04 Å². The second-order valence-corrected chi connectivity index (χ2v) is 6.43. The molecular formula is C16H26N2O4. The molecule has 2 amide bonds. The number of rotatable bonds is 7. The predicted octanol–water partition coefficient (Wildman–Crippen LogP) is 1.54. The Labute approximate surface area is 131 Å². The highest BCUT2D eigenvalue weighted by atomic mass is 16.4. The van der Waals surface area contributed by atoms with Crippen molar-refractivity contribution in [1.82, 2.24) is 10.2 Å². The molecule has 1 unspecified atom stereocenters. The van der Waals surface area contributed by atoms with Crippen LogP contribution in [0.5, 0.6) is 0 Å². The number of carboxylic acid groups (broad SMARTS) is 1. The molecular weight excluding hydrogens is 284 g/mol. The number of unbranched alkanes of at least 4 members (excludes halogenated alkanes) is 1. The summed E-state index contributed by atoms with van der Waals surface area (Å²) in [4.78, 5) is 37.4. The molecule has 2 atom stereocenters. The van der Waals surface area contributed by atoms with Crippen LogP contribution in [-0.4, -0.2) is 46.4 Å². The van der Waals surface area contributed by atoms with Crippen molar-refractivity contribution < 1.29 is 19.5 Å². The fourth-order valence-corrected chi connectivity index (χ4v) is 3.43. The predicted molar refractivity (Wildman–Crippen MR) is 81.2 cm³/mol. The Bertz CT molecular complexity index is 432. The van der Waals surface area contributed by atoms with Gasteiger partial charge in [-0.15, -0.1) is 0 Å². The SMILES string of the molecule is CCCC[C@H](NC(=O)C1CC(=O)N(C2CCCC2)C1)C(=O)O. The number of nitrogens with one attached hydrogen (secondary N) is 1. The molecule has 6 heteroatoms. The zero-order chi connectivity index (χ0) is 16.1. The van der Waals surface area contributed by atoms with Crippen molar-refractivity contribution in [3.05, 3.63) is 0 Å². The highest BCUT2D eigenvalue weighted by molar-refractivity contribution is 5.91. The lowest BCUT2D eigenvalue weighted by Gasteiger charge is -2.24. The van der Waals surface area contributed by atoms with Crippen LogP contribution in [0.25, 0.3) is 0 Å². The lowest BCUT2D eigenvalue weighted by Crippen LogP contribution is -2.44. The van der Waals surface area contributed by atoms with Crippen molar-refractivity contribution in [1.29, 1.82) is 0 Å². The quantitative estimate of drug-likeness (QED) is 0.746. The zero-order valence-corrected chi connectivity index (χ0v) is 13.2. The summed E-state index contributed by atoms with van der Waals surface area (Å²) in [7, 11) is 0. The maximum atomic E-state index is 12.3. The number of carboxylic acids is 1. The van der Waals surface area contributed by atoms with E-state index in [-0.39, 0.29) is 24.3 Å². The van der Waals surface area contributed by atoms with Crippen molar-refractivity contribution in [2.45, 2.75) is 70.4 Å². The molecule has 6 nitrogen and oxygen atoms in total. The van der Waals surface area contributed by atoms with Gasteiger partial charge in [-0.25, -0.2) is 4.79 Å². The summed E-state index contributed by atoms with van der Waals surface area (Å²) in [5.41, 5.74) is 0. The molecule has 2 rings (SSSR count). The smallest absolute Gasteiger partial charge is 0.326 e. The molecule has 1 saturated carbocycles. The van der Waals surface area contributed by atoms with Gasteiger partial charge < -0.3 is 15.3 Å². The molecule has 22 heavy (non-hydrogen) atoms. The van der Waals surface area contributed by atoms with Gasteiger partial charge in [-0.3, -0.25) is 9.59 Å². The van der Waals surface area contributed by atoms with E-state index in [9.17, 15) is 19.5 Å². The van der Waals surface area contributed by atoms with Gasteiger partial charge in [0.25, 0.3) is 0 Å². The first-order chi connectivity index (χ1) is 10.5. The Kier molecular flexibility index (Phi) is 5.80. The highest BCUT2D eigenvalue weighted by Gasteiger charge is 2.39. The number of carbonyl (C=O) groups is 3. The molecule has 1 aliphatic heterocycles. The molecule has 0 bridgehead atoms. The van der Waals surface area contributed by atoms with Crippen molar-refractivity contribution in [3.8, 4) is 0 Å². The fraction of sp³-hybridized carbons (Fsp3) is 0.812. The molecule has 0 radical (unpaired) electrons. The van der Waals surface area contributed by atoms with E-state index in [0.717, 1.165) is 38.5 Å². The van der Waals surface area contributed by atoms with E-state index >= 15 is 0 Å². The van der Waals surface area contributed by atoms with Gasteiger partial charge in [-0.2, -0.15) is 0 Å². The number of carbonyl (C=O) groups excluding carboxylic acids is 2. The number of hydrogen-bond acceptors (Lipinski definition) is 3. The zero-order valence-electron chi connectivity index (χ0n) is 13.2. The average Bonchev–Trinajstić information content (AvgIpc) is 3.11. The second-order valence-electron chi connectivity index (χ2n) is 6.43. The lowest BCUT2D eigenvalue weighted by atomic mass is 10.1. The monoisotopic (exact) mass is 310 g/mol. The summed E-state index contributed by atoms with van der Waals surface area (Å²) in [6.45, 7) is 2.42. The normalized spacial score (nSPS) is 23.8. The minimum absolute atomic E-state index is 0.0347. The van der Waals surface area contributed by atoms with E-state index in [1.807, 2.05) is 11.8 Å². The van der Waals surface area contributed by atoms with Crippen molar-refractivity contribution in [3.63, 3.8) is 0 Å². The molecule has 1 aliphatic carbocycles. The van der Waals surface area contributed by atoms with Crippen LogP contribution >= 0.6 is 0 Å². The summed E-state index contributed by atoms with van der Waals surface area (Å²) in [6.07, 6.45) is 6.62. The van der Waals surface area contributed by atoms with Crippen molar-refractivity contribution >= 4 is 17.8 Å². The van der Waals surface area contributed by atoms with Crippen LogP contribution < -0.4 is 5.32 Å². The van der Waals surface area contributed by atoms with E-state index < -0.39 is 17.9 Å². The number of nitrogens with zero attached hydrogens (tertiary/aromatic N) is 1. The second kappa shape index (κ2) is 7.61. The van der Waals surface area contributed by atoms with Crippen LogP contribution in [0.1, 0.15) is 58.3 Å². The number of aliphatic carboxylic acids is 1. The molecule has 0 aromatic rings. The van der Waals surface area contributed by atoms with E-state index in [1.165, 1.54) is 0 Å². The van der Waals surface area contributed by atoms with Crippen LogP contribution in [-0.2, 0) is 14.4 Å². The maximum Gasteiger partial charge on any atom is 0.326 e. The Morgan fingerprint density at radius 1 is 1.36 bits per heavy atom. The first-order valence-corrected chi connectivity index (χ1v) is 8.35. The van der Waals surface area contributed by atoms with Gasteiger partial charge in [-0.1, -0.05) is 32.6 Å². The van der Waals surface area contributed by atoms with Gasteiger partial charge in [0, 0.05) is 19.0 Å². The van der Waals surface area contributed by atoms with E-state index in [4.69, 9.17) is 0 Å². The third kappa shape index (κ3) is 3.99. The van der Waals surface area contributed by atoms with Gasteiger partial charge >= 0.3 is 5.97 Å². The molecule has 0 aromatic carbocycles. The van der Waals surface area contributed by atoms with Crippen LogP contribution in [0.3, 0.4) is 0 Å². The third-order valence-electron chi connectivity index (χ3n) is 4.76. The van der Waals surface area contributed by atoms with Crippen LogP contribution in [0.2, 0.25) is 0 Å². The Morgan fingerprint density at radius 3 is 2.64 bits per heavy atom. The molecule has 0 aromatic heterocycles. The minimum atomic E-state index is -1.00. The van der Waals surface area contributed by atoms with Gasteiger partial charge in [0.2, 0.25) is 11.8 Å². The standard InChI is InChI=1S/C16H26N2O4/c1-2-3-8-13(16(21)22)17-15(20)11-9-14(19)18(10-11)12-6-4-5-7-12/h11-13H,2-10H2,1H3,(H,17,20)(H,21,22)/t11?,13-/m0/s1. The van der Waals surface area contributed by atoms with Crippen molar-refractivity contribution in [2.75, 3.05) is 6.54 Å². The summed E-state index contributed by atoms with van der Waals surface area (Å²) >= 11 is 0. The molecule has 2 N–H and O–H groups in total. The summed E-state index contributed by atoms with van der Waals surface area (Å²) in [5.74, 6) is -1.67. The minimum Gasteiger partial charge on any atom is -0.480 e. The van der Waals surface area contributed by atoms with E-state index in [0.29, 0.717) is 13.0 Å².